The molecule has 2 aromatic rings. The van der Waals surface area contributed by atoms with E-state index in [2.05, 4.69) is 10.3 Å². The molecule has 0 aliphatic rings. The van der Waals surface area contributed by atoms with Gasteiger partial charge >= 0.3 is 0 Å². The van der Waals surface area contributed by atoms with Gasteiger partial charge < -0.3 is 11.1 Å². The van der Waals surface area contributed by atoms with Gasteiger partial charge in [-0.1, -0.05) is 12.1 Å². The Balaban J connectivity index is 2.05. The molecule has 5 heteroatoms. The fourth-order valence-corrected chi connectivity index (χ4v) is 1.96. The molecule has 0 aliphatic carbocycles. The van der Waals surface area contributed by atoms with Crippen molar-refractivity contribution in [2.75, 3.05) is 5.73 Å². The Kier molecular flexibility index (Phi) is 3.98. The van der Waals surface area contributed by atoms with Crippen LogP contribution in [-0.2, 0) is 6.54 Å². The highest BCUT2D eigenvalue weighted by atomic mass is 19.1. The predicted molar refractivity (Wildman–Crippen MR) is 75.7 cm³/mol. The normalized spacial score (nSPS) is 10.3. The highest BCUT2D eigenvalue weighted by Gasteiger charge is 2.08. The van der Waals surface area contributed by atoms with Crippen molar-refractivity contribution in [3.63, 3.8) is 0 Å². The largest absolute Gasteiger partial charge is 0.384 e. The average Bonchev–Trinajstić information content (AvgIpc) is 2.42. The molecule has 3 N–H and O–H groups in total. The third kappa shape index (κ3) is 3.12. The second kappa shape index (κ2) is 5.69. The Morgan fingerprint density at radius 2 is 1.95 bits per heavy atom. The Hall–Kier alpha value is -2.43. The van der Waals surface area contributed by atoms with E-state index in [1.807, 2.05) is 0 Å². The topological polar surface area (TPSA) is 68.0 Å². The van der Waals surface area contributed by atoms with E-state index in [-0.39, 0.29) is 11.7 Å². The number of nitrogen functional groups attached to an aromatic ring is 1. The number of benzene rings is 1. The zero-order valence-corrected chi connectivity index (χ0v) is 11.4. The van der Waals surface area contributed by atoms with Crippen LogP contribution in [0.25, 0.3) is 0 Å². The van der Waals surface area contributed by atoms with E-state index in [4.69, 9.17) is 5.73 Å². The number of halogens is 1. The zero-order valence-electron chi connectivity index (χ0n) is 11.4. The van der Waals surface area contributed by atoms with E-state index in [9.17, 15) is 9.18 Å². The van der Waals surface area contributed by atoms with Gasteiger partial charge in [-0.3, -0.25) is 4.79 Å². The lowest BCUT2D eigenvalue weighted by molar-refractivity contribution is 0.0950. The van der Waals surface area contributed by atoms with Gasteiger partial charge in [0.25, 0.3) is 5.91 Å². The summed E-state index contributed by atoms with van der Waals surface area (Å²) in [5, 5.41) is 2.77. The molecule has 0 aliphatic heterocycles. The van der Waals surface area contributed by atoms with Crippen LogP contribution in [0.5, 0.6) is 0 Å². The number of pyridine rings is 1. The Bertz CT molecular complexity index is 615. The van der Waals surface area contributed by atoms with Gasteiger partial charge in [-0.15, -0.1) is 0 Å². The molecule has 0 saturated heterocycles. The van der Waals surface area contributed by atoms with Gasteiger partial charge in [0.2, 0.25) is 0 Å². The van der Waals surface area contributed by atoms with E-state index < -0.39 is 0 Å². The summed E-state index contributed by atoms with van der Waals surface area (Å²) in [4.78, 5) is 15.8. The van der Waals surface area contributed by atoms with E-state index in [1.165, 1.54) is 6.20 Å². The standard InChI is InChI=1S/C15H16FN3O/c1-9-5-11(6-10(2)14(9)16)7-19-15(20)12-3-4-13(17)18-8-12/h3-6,8H,7H2,1-2H3,(H2,17,18)(H,19,20). The van der Waals surface area contributed by atoms with Crippen LogP contribution < -0.4 is 11.1 Å². The molecule has 1 heterocycles. The van der Waals surface area contributed by atoms with Crippen LogP contribution in [0, 0.1) is 19.7 Å². The minimum atomic E-state index is -0.239. The first-order valence-electron chi connectivity index (χ1n) is 6.22. The van der Waals surface area contributed by atoms with Gasteiger partial charge in [0.15, 0.2) is 0 Å². The molecule has 0 bridgehead atoms. The molecule has 0 fully saturated rings. The summed E-state index contributed by atoms with van der Waals surface area (Å²) >= 11 is 0. The quantitative estimate of drug-likeness (QED) is 0.902. The van der Waals surface area contributed by atoms with Gasteiger partial charge in [0.1, 0.15) is 11.6 Å². The molecule has 104 valence electrons. The summed E-state index contributed by atoms with van der Waals surface area (Å²) in [7, 11) is 0. The smallest absolute Gasteiger partial charge is 0.253 e. The fraction of sp³-hybridized carbons (Fsp3) is 0.200. The van der Waals surface area contributed by atoms with E-state index in [0.29, 0.717) is 29.1 Å². The SMILES string of the molecule is Cc1cc(CNC(=O)c2ccc(N)nc2)cc(C)c1F. The van der Waals surface area contributed by atoms with Crippen LogP contribution in [0.1, 0.15) is 27.0 Å². The lowest BCUT2D eigenvalue weighted by Gasteiger charge is -2.08. The second-order valence-corrected chi connectivity index (χ2v) is 4.70. The predicted octanol–water partition coefficient (Wildman–Crippen LogP) is 2.35. The zero-order chi connectivity index (χ0) is 14.7. The number of nitrogens with two attached hydrogens (primary N) is 1. The first-order valence-corrected chi connectivity index (χ1v) is 6.22. The lowest BCUT2D eigenvalue weighted by atomic mass is 10.1. The summed E-state index contributed by atoms with van der Waals surface area (Å²) in [6.07, 6.45) is 1.42. The van der Waals surface area contributed by atoms with Gasteiger partial charge in [0.05, 0.1) is 5.56 Å². The number of carbonyl (C=O) groups excluding carboxylic acids is 1. The van der Waals surface area contributed by atoms with E-state index in [0.717, 1.165) is 5.56 Å². The van der Waals surface area contributed by atoms with Crippen LogP contribution in [0.15, 0.2) is 30.5 Å². The molecular weight excluding hydrogens is 257 g/mol. The fourth-order valence-electron chi connectivity index (χ4n) is 1.96. The molecule has 0 unspecified atom stereocenters. The molecule has 0 saturated carbocycles. The number of hydrogen-bond acceptors (Lipinski definition) is 3. The van der Waals surface area contributed by atoms with Crippen molar-refractivity contribution in [3.05, 3.63) is 58.5 Å². The van der Waals surface area contributed by atoms with Crippen molar-refractivity contribution in [1.29, 1.82) is 0 Å². The maximum absolute atomic E-state index is 13.5. The summed E-state index contributed by atoms with van der Waals surface area (Å²) < 4.78 is 13.5. The van der Waals surface area contributed by atoms with Gasteiger partial charge in [-0.25, -0.2) is 9.37 Å². The number of aryl methyl sites for hydroxylation is 2. The minimum absolute atomic E-state index is 0.206. The van der Waals surface area contributed by atoms with Gasteiger partial charge in [-0.05, 0) is 42.7 Å². The Labute approximate surface area is 116 Å². The van der Waals surface area contributed by atoms with Gasteiger partial charge in [0, 0.05) is 12.7 Å². The molecular formula is C15H16FN3O. The van der Waals surface area contributed by atoms with Crippen molar-refractivity contribution in [3.8, 4) is 0 Å². The third-order valence-corrected chi connectivity index (χ3v) is 3.00. The molecule has 1 amide bonds. The van der Waals surface area contributed by atoms with E-state index >= 15 is 0 Å². The number of amides is 1. The molecule has 2 rings (SSSR count). The first-order chi connectivity index (χ1) is 9.47. The first kappa shape index (κ1) is 14.0. The molecule has 0 radical (unpaired) electrons. The van der Waals surface area contributed by atoms with Crippen molar-refractivity contribution in [2.45, 2.75) is 20.4 Å². The number of aromatic nitrogens is 1. The highest BCUT2D eigenvalue weighted by molar-refractivity contribution is 5.93. The number of carbonyl (C=O) groups is 1. The molecule has 4 nitrogen and oxygen atoms in total. The number of anilines is 1. The van der Waals surface area contributed by atoms with E-state index in [1.54, 1.807) is 38.1 Å². The number of hydrogen-bond donors (Lipinski definition) is 2. The van der Waals surface area contributed by atoms with Crippen molar-refractivity contribution < 1.29 is 9.18 Å². The summed E-state index contributed by atoms with van der Waals surface area (Å²) in [6, 6.07) is 6.63. The van der Waals surface area contributed by atoms with Crippen LogP contribution in [-0.4, -0.2) is 10.9 Å². The average molecular weight is 273 g/mol. The maximum Gasteiger partial charge on any atom is 0.253 e. The molecule has 1 aromatic heterocycles. The van der Waals surface area contributed by atoms with Crippen molar-refractivity contribution in [1.82, 2.24) is 10.3 Å². The highest BCUT2D eigenvalue weighted by Crippen LogP contribution is 2.14. The monoisotopic (exact) mass is 273 g/mol. The number of nitrogens with zero attached hydrogens (tertiary/aromatic N) is 1. The minimum Gasteiger partial charge on any atom is -0.384 e. The lowest BCUT2D eigenvalue weighted by Crippen LogP contribution is -2.23. The summed E-state index contributed by atoms with van der Waals surface area (Å²) in [5.74, 6) is -0.0775. The number of nitrogens with one attached hydrogen (secondary N) is 1. The van der Waals surface area contributed by atoms with Crippen molar-refractivity contribution >= 4 is 11.7 Å². The second-order valence-electron chi connectivity index (χ2n) is 4.70. The maximum atomic E-state index is 13.5. The Morgan fingerprint density at radius 1 is 1.30 bits per heavy atom. The van der Waals surface area contributed by atoms with Crippen LogP contribution >= 0.6 is 0 Å². The third-order valence-electron chi connectivity index (χ3n) is 3.00. The number of rotatable bonds is 3. The van der Waals surface area contributed by atoms with Crippen molar-refractivity contribution in [2.24, 2.45) is 0 Å². The molecule has 1 aromatic carbocycles. The molecule has 0 spiro atoms. The van der Waals surface area contributed by atoms with Crippen LogP contribution in [0.3, 0.4) is 0 Å². The summed E-state index contributed by atoms with van der Waals surface area (Å²) in [6.45, 7) is 3.75. The van der Waals surface area contributed by atoms with Crippen LogP contribution in [0.2, 0.25) is 0 Å². The Morgan fingerprint density at radius 3 is 2.50 bits per heavy atom. The molecule has 20 heavy (non-hydrogen) atoms. The van der Waals surface area contributed by atoms with Gasteiger partial charge in [-0.2, -0.15) is 0 Å². The van der Waals surface area contributed by atoms with Crippen LogP contribution in [0.4, 0.5) is 10.2 Å². The molecule has 0 atom stereocenters. The summed E-state index contributed by atoms with van der Waals surface area (Å²) in [5.41, 5.74) is 7.91.